The van der Waals surface area contributed by atoms with Gasteiger partial charge in [-0.15, -0.1) is 0 Å². The molecular weight excluding hydrogens is 619 g/mol. The number of hydrogen-bond donors (Lipinski definition) is 0. The molecule has 3 heterocycles. The molecule has 1 aliphatic heterocycles. The minimum atomic E-state index is 0.0622. The van der Waals surface area contributed by atoms with E-state index >= 15 is 0 Å². The largest absolute Gasteiger partial charge is 0.458 e. The van der Waals surface area contributed by atoms with Crippen LogP contribution in [-0.4, -0.2) is 15.8 Å². The maximum atomic E-state index is 6.91. The Balaban J connectivity index is 1.34. The predicted molar refractivity (Wildman–Crippen MR) is 217 cm³/mol. The molecule has 0 amide bonds. The van der Waals surface area contributed by atoms with Crippen LogP contribution in [-0.2, 0) is 0 Å². The molecule has 0 saturated heterocycles. The molecule has 0 radical (unpaired) electrons. The van der Waals surface area contributed by atoms with Gasteiger partial charge in [-0.2, -0.15) is 0 Å². The number of nitrogens with zero attached hydrogens (tertiary/aromatic N) is 2. The Morgan fingerprint density at radius 3 is 1.67 bits per heavy atom. The molecule has 51 heavy (non-hydrogen) atoms. The number of hydrogen-bond acceptors (Lipinski definition) is 1. The van der Waals surface area contributed by atoms with Crippen molar-refractivity contribution in [3.8, 4) is 22.9 Å². The van der Waals surface area contributed by atoms with Gasteiger partial charge in [-0.05, 0) is 81.8 Å². The first kappa shape index (κ1) is 31.5. The van der Waals surface area contributed by atoms with E-state index in [0.717, 1.165) is 28.5 Å². The van der Waals surface area contributed by atoms with Gasteiger partial charge in [0.05, 0.1) is 16.7 Å². The van der Waals surface area contributed by atoms with Gasteiger partial charge in [-0.25, -0.2) is 0 Å². The number of ether oxygens (including phenoxy) is 1. The fourth-order valence-corrected chi connectivity index (χ4v) is 8.54. The summed E-state index contributed by atoms with van der Waals surface area (Å²) in [6, 6.07) is 48.9. The summed E-state index contributed by atoms with van der Waals surface area (Å²) in [5, 5.41) is 3.76. The van der Waals surface area contributed by atoms with Gasteiger partial charge in [0.2, 0.25) is 0 Å². The van der Waals surface area contributed by atoms with E-state index in [9.17, 15) is 0 Å². The van der Waals surface area contributed by atoms with Crippen molar-refractivity contribution in [1.82, 2.24) is 9.13 Å². The molecule has 0 unspecified atom stereocenters. The standard InChI is InChI=1S/C47H43BN2O/c1-29(2)32-26-37(30(3)4)46(38(27-32)31(5)6)48-39-20-12-15-23-43(39)51-44-28-34(24-25-40(44)48)50-42-22-14-11-19-36(42)45-35-18-10-13-21-41(35)49(47(45)50)33-16-8-7-9-17-33/h7-31H,1-6H3. The Morgan fingerprint density at radius 1 is 0.490 bits per heavy atom. The highest BCUT2D eigenvalue weighted by Crippen LogP contribution is 2.41. The number of fused-ring (bicyclic) bond motifs is 7. The van der Waals surface area contributed by atoms with E-state index in [4.69, 9.17) is 4.74 Å². The van der Waals surface area contributed by atoms with E-state index in [2.05, 4.69) is 184 Å². The number of rotatable bonds is 6. The third kappa shape index (κ3) is 4.87. The van der Waals surface area contributed by atoms with Crippen molar-refractivity contribution in [1.29, 1.82) is 0 Å². The van der Waals surface area contributed by atoms with Crippen molar-refractivity contribution in [3.63, 3.8) is 0 Å². The number of aromatic nitrogens is 2. The van der Waals surface area contributed by atoms with Crippen LogP contribution in [0.1, 0.15) is 76.0 Å². The maximum absolute atomic E-state index is 6.91. The predicted octanol–water partition coefficient (Wildman–Crippen LogP) is 10.7. The monoisotopic (exact) mass is 662 g/mol. The molecule has 9 rings (SSSR count). The van der Waals surface area contributed by atoms with Crippen LogP contribution in [0.4, 0.5) is 0 Å². The van der Waals surface area contributed by atoms with Crippen LogP contribution in [0.3, 0.4) is 0 Å². The highest BCUT2D eigenvalue weighted by molar-refractivity contribution is 6.97. The van der Waals surface area contributed by atoms with Gasteiger partial charge in [0, 0.05) is 27.9 Å². The van der Waals surface area contributed by atoms with Crippen LogP contribution >= 0.6 is 0 Å². The smallest absolute Gasteiger partial charge is 0.251 e. The zero-order valence-corrected chi connectivity index (χ0v) is 30.3. The maximum Gasteiger partial charge on any atom is 0.251 e. The summed E-state index contributed by atoms with van der Waals surface area (Å²) in [5.41, 5.74) is 13.9. The number of benzene rings is 6. The molecule has 0 bridgehead atoms. The van der Waals surface area contributed by atoms with Crippen LogP contribution in [0, 0.1) is 0 Å². The molecule has 250 valence electrons. The lowest BCUT2D eigenvalue weighted by molar-refractivity contribution is 0.487. The van der Waals surface area contributed by atoms with Crippen molar-refractivity contribution in [2.45, 2.75) is 59.3 Å². The lowest BCUT2D eigenvalue weighted by Gasteiger charge is -2.32. The Hall–Kier alpha value is -5.48. The van der Waals surface area contributed by atoms with Crippen molar-refractivity contribution in [2.24, 2.45) is 0 Å². The molecule has 3 nitrogen and oxygen atoms in total. The van der Waals surface area contributed by atoms with Crippen molar-refractivity contribution in [3.05, 3.63) is 150 Å². The summed E-state index contributed by atoms with van der Waals surface area (Å²) >= 11 is 0. The molecule has 0 aliphatic carbocycles. The Bertz CT molecular complexity index is 2580. The lowest BCUT2D eigenvalue weighted by atomic mass is 9.34. The SMILES string of the molecule is CC(C)c1cc(C(C)C)c(B2c3ccccc3Oc3cc(-n4c5ccccc5c5c6ccccc6n(-c6ccccc6)c54)ccc32)c(C(C)C)c1. The highest BCUT2D eigenvalue weighted by Gasteiger charge is 2.37. The zero-order chi connectivity index (χ0) is 35.0. The first-order chi connectivity index (χ1) is 24.8. The second-order valence-corrected chi connectivity index (χ2v) is 15.1. The third-order valence-corrected chi connectivity index (χ3v) is 11.0. The third-order valence-electron chi connectivity index (χ3n) is 11.0. The zero-order valence-electron chi connectivity index (χ0n) is 30.3. The van der Waals surface area contributed by atoms with E-state index in [1.807, 2.05) is 0 Å². The van der Waals surface area contributed by atoms with Crippen LogP contribution in [0.5, 0.6) is 11.5 Å². The summed E-state index contributed by atoms with van der Waals surface area (Å²) in [5.74, 6) is 3.08. The normalized spacial score (nSPS) is 12.8. The van der Waals surface area contributed by atoms with Crippen molar-refractivity contribution in [2.75, 3.05) is 0 Å². The summed E-state index contributed by atoms with van der Waals surface area (Å²) in [6.45, 7) is 14.1. The first-order valence-corrected chi connectivity index (χ1v) is 18.5. The van der Waals surface area contributed by atoms with Gasteiger partial charge in [0.15, 0.2) is 0 Å². The van der Waals surface area contributed by atoms with E-state index in [0.29, 0.717) is 17.8 Å². The van der Waals surface area contributed by atoms with Crippen LogP contribution in [0.15, 0.2) is 133 Å². The highest BCUT2D eigenvalue weighted by atomic mass is 16.5. The van der Waals surface area contributed by atoms with E-state index in [1.54, 1.807) is 0 Å². The molecule has 8 aromatic rings. The van der Waals surface area contributed by atoms with Gasteiger partial charge in [0.1, 0.15) is 17.1 Å². The topological polar surface area (TPSA) is 19.1 Å². The fraction of sp³-hybridized carbons (Fsp3) is 0.191. The van der Waals surface area contributed by atoms with Gasteiger partial charge in [-0.1, -0.05) is 138 Å². The van der Waals surface area contributed by atoms with E-state index in [1.165, 1.54) is 60.3 Å². The van der Waals surface area contributed by atoms with Crippen LogP contribution < -0.4 is 21.1 Å². The first-order valence-electron chi connectivity index (χ1n) is 18.5. The second-order valence-electron chi connectivity index (χ2n) is 15.1. The lowest BCUT2D eigenvalue weighted by Crippen LogP contribution is -2.57. The summed E-state index contributed by atoms with van der Waals surface area (Å²) in [6.07, 6.45) is 0. The van der Waals surface area contributed by atoms with E-state index in [-0.39, 0.29) is 6.71 Å². The molecule has 0 atom stereocenters. The van der Waals surface area contributed by atoms with E-state index < -0.39 is 0 Å². The molecule has 2 aromatic heterocycles. The quantitative estimate of drug-likeness (QED) is 0.162. The number of para-hydroxylation sites is 4. The fourth-order valence-electron chi connectivity index (χ4n) is 8.54. The molecule has 1 aliphatic rings. The molecule has 0 N–H and O–H groups in total. The van der Waals surface area contributed by atoms with Crippen LogP contribution in [0.25, 0.3) is 44.2 Å². The Labute approximate surface area is 301 Å². The molecule has 6 aromatic carbocycles. The van der Waals surface area contributed by atoms with Crippen molar-refractivity contribution >= 4 is 55.9 Å². The Kier molecular flexibility index (Phi) is 7.47. The molecule has 0 spiro atoms. The van der Waals surface area contributed by atoms with Gasteiger partial charge < -0.3 is 4.74 Å². The molecular formula is C47H43BN2O. The van der Waals surface area contributed by atoms with Crippen LogP contribution in [0.2, 0.25) is 0 Å². The minimum Gasteiger partial charge on any atom is -0.458 e. The van der Waals surface area contributed by atoms with Gasteiger partial charge >= 0.3 is 0 Å². The minimum absolute atomic E-state index is 0.0622. The molecule has 0 saturated carbocycles. The summed E-state index contributed by atoms with van der Waals surface area (Å²) in [4.78, 5) is 0. The summed E-state index contributed by atoms with van der Waals surface area (Å²) < 4.78 is 11.8. The van der Waals surface area contributed by atoms with Crippen molar-refractivity contribution < 1.29 is 4.74 Å². The molecule has 0 fully saturated rings. The van der Waals surface area contributed by atoms with Gasteiger partial charge in [0.25, 0.3) is 6.71 Å². The summed E-state index contributed by atoms with van der Waals surface area (Å²) in [7, 11) is 0. The second kappa shape index (κ2) is 12.1. The Morgan fingerprint density at radius 2 is 1.04 bits per heavy atom. The van der Waals surface area contributed by atoms with Gasteiger partial charge in [-0.3, -0.25) is 9.13 Å². The average molecular weight is 663 g/mol. The average Bonchev–Trinajstić information content (AvgIpc) is 3.66. The molecule has 4 heteroatoms.